The smallest absolute Gasteiger partial charge is 0.260 e. The van der Waals surface area contributed by atoms with Gasteiger partial charge in [0.2, 0.25) is 5.43 Å². The third kappa shape index (κ3) is 4.53. The summed E-state index contributed by atoms with van der Waals surface area (Å²) in [5.41, 5.74) is 1.33. The van der Waals surface area contributed by atoms with Crippen molar-refractivity contribution in [3.8, 4) is 5.75 Å². The quantitative estimate of drug-likeness (QED) is 0.741. The minimum atomic E-state index is -0.632. The molecule has 1 aromatic carbocycles. The van der Waals surface area contributed by atoms with Gasteiger partial charge in [-0.15, -0.1) is 13.2 Å². The van der Waals surface area contributed by atoms with Crippen molar-refractivity contribution >= 4 is 5.91 Å². The summed E-state index contributed by atoms with van der Waals surface area (Å²) in [6.07, 6.45) is 3.93. The van der Waals surface area contributed by atoms with Gasteiger partial charge < -0.3 is 14.6 Å². The van der Waals surface area contributed by atoms with E-state index in [4.69, 9.17) is 0 Å². The van der Waals surface area contributed by atoms with E-state index in [1.165, 1.54) is 12.1 Å². The minimum Gasteiger partial charge on any atom is -0.503 e. The summed E-state index contributed by atoms with van der Waals surface area (Å²) in [5, 5.41) is 10.5. The van der Waals surface area contributed by atoms with E-state index in [-0.39, 0.29) is 29.6 Å². The fourth-order valence-electron chi connectivity index (χ4n) is 3.65. The molecule has 2 aromatic rings. The number of benzene rings is 1. The highest BCUT2D eigenvalue weighted by molar-refractivity contribution is 5.96. The summed E-state index contributed by atoms with van der Waals surface area (Å²) in [6, 6.07) is 5.93. The molecule has 1 aliphatic rings. The fraction of sp³-hybridized carbons (Fsp3) is 0.333. The Bertz CT molecular complexity index is 993. The Morgan fingerprint density at radius 3 is 2.37 bits per heavy atom. The second-order valence-electron chi connectivity index (χ2n) is 7.16. The second-order valence-corrected chi connectivity index (χ2v) is 7.16. The third-order valence-electron chi connectivity index (χ3n) is 5.10. The van der Waals surface area contributed by atoms with Crippen molar-refractivity contribution in [2.45, 2.75) is 46.2 Å². The topological polar surface area (TPSA) is 62.5 Å². The predicted octanol–water partition coefficient (Wildman–Crippen LogP) is 4.39. The van der Waals surface area contributed by atoms with Gasteiger partial charge in [0.25, 0.3) is 5.91 Å². The number of fused-ring (bicyclic) bond motifs is 1. The van der Waals surface area contributed by atoms with Gasteiger partial charge in [-0.1, -0.05) is 31.2 Å². The van der Waals surface area contributed by atoms with Gasteiger partial charge in [0, 0.05) is 37.7 Å². The Morgan fingerprint density at radius 2 is 1.83 bits per heavy atom. The molecule has 5 nitrogen and oxygen atoms in total. The Hall–Kier alpha value is -3.15. The number of aromatic hydroxyl groups is 1. The minimum absolute atomic E-state index is 0.0303. The molecule has 1 N–H and O–H groups in total. The molecular weight excluding hydrogens is 383 g/mol. The van der Waals surface area contributed by atoms with E-state index in [2.05, 4.69) is 13.2 Å². The third-order valence-corrected chi connectivity index (χ3v) is 5.10. The molecule has 0 spiro atoms. The monoisotopic (exact) mass is 412 g/mol. The average molecular weight is 413 g/mol. The lowest BCUT2D eigenvalue weighted by atomic mass is 9.97. The van der Waals surface area contributed by atoms with Gasteiger partial charge in [0.05, 0.1) is 5.69 Å². The molecular formula is C24H29FN2O3. The highest BCUT2D eigenvalue weighted by Gasteiger charge is 2.33. The Morgan fingerprint density at radius 1 is 1.23 bits per heavy atom. The fourth-order valence-corrected chi connectivity index (χ4v) is 3.65. The van der Waals surface area contributed by atoms with Gasteiger partial charge in [0.1, 0.15) is 11.4 Å². The zero-order valence-electron chi connectivity index (χ0n) is 17.8. The first kappa shape index (κ1) is 23.1. The maximum Gasteiger partial charge on any atom is 0.260 e. The number of rotatable bonds is 5. The number of aromatic nitrogens is 1. The van der Waals surface area contributed by atoms with Crippen LogP contribution in [-0.4, -0.2) is 27.0 Å². The van der Waals surface area contributed by atoms with Crippen LogP contribution in [0.15, 0.2) is 54.4 Å². The van der Waals surface area contributed by atoms with Crippen molar-refractivity contribution in [2.75, 3.05) is 6.54 Å². The zero-order chi connectivity index (χ0) is 22.4. The molecule has 0 aliphatic carbocycles. The van der Waals surface area contributed by atoms with Crippen molar-refractivity contribution < 1.29 is 14.3 Å². The van der Waals surface area contributed by atoms with E-state index in [9.17, 15) is 19.1 Å². The van der Waals surface area contributed by atoms with Gasteiger partial charge in [-0.2, -0.15) is 0 Å². The van der Waals surface area contributed by atoms with Crippen LogP contribution in [0.5, 0.6) is 5.75 Å². The first-order chi connectivity index (χ1) is 14.3. The average Bonchev–Trinajstić information content (AvgIpc) is 2.73. The highest BCUT2D eigenvalue weighted by atomic mass is 19.1. The molecule has 6 heteroatoms. The van der Waals surface area contributed by atoms with Crippen molar-refractivity contribution in [1.29, 1.82) is 0 Å². The summed E-state index contributed by atoms with van der Waals surface area (Å²) in [7, 11) is 0. The van der Waals surface area contributed by atoms with Crippen molar-refractivity contribution in [3.05, 3.63) is 88.1 Å². The number of halogens is 1. The molecule has 2 heterocycles. The maximum atomic E-state index is 13.1. The number of amides is 1. The van der Waals surface area contributed by atoms with Crippen LogP contribution in [-0.2, 0) is 19.5 Å². The van der Waals surface area contributed by atoms with Gasteiger partial charge in [0.15, 0.2) is 5.75 Å². The number of nitrogens with zero attached hydrogens (tertiary/aromatic N) is 2. The number of allylic oxidation sites excluding steroid dienone is 2. The summed E-state index contributed by atoms with van der Waals surface area (Å²) in [5.74, 6) is -1.34. The molecule has 30 heavy (non-hydrogen) atoms. The SMILES string of the molecule is C=CC.C=CC(C)c1c(O)c(=O)c2c(n1CC)CCN(Cc1ccc(F)cc1)C2=O. The summed E-state index contributed by atoms with van der Waals surface area (Å²) < 4.78 is 14.9. The number of hydrogen-bond donors (Lipinski definition) is 1. The van der Waals surface area contributed by atoms with E-state index >= 15 is 0 Å². The maximum absolute atomic E-state index is 13.1. The van der Waals surface area contributed by atoms with E-state index in [1.807, 2.05) is 25.3 Å². The lowest BCUT2D eigenvalue weighted by molar-refractivity contribution is 0.0720. The van der Waals surface area contributed by atoms with E-state index in [0.717, 1.165) is 5.56 Å². The largest absolute Gasteiger partial charge is 0.503 e. The van der Waals surface area contributed by atoms with E-state index < -0.39 is 11.3 Å². The van der Waals surface area contributed by atoms with Crippen LogP contribution in [0.3, 0.4) is 0 Å². The van der Waals surface area contributed by atoms with Crippen LogP contribution >= 0.6 is 0 Å². The Labute approximate surface area is 176 Å². The Balaban J connectivity index is 0.00000101. The molecule has 0 radical (unpaired) electrons. The lowest BCUT2D eigenvalue weighted by Crippen LogP contribution is -2.42. The number of carbonyl (C=O) groups is 1. The standard InChI is InChI=1S/C21H23FN2O3.C3H6/c1-4-13(3)18-20(26)19(25)17-16(24(18)5-2)10-11-23(21(17)27)12-14-6-8-15(22)9-7-14;1-3-2/h4,6-9,13,26H,1,5,10-12H2,2-3H3;3H,1H2,2H3. The predicted molar refractivity (Wildman–Crippen MR) is 117 cm³/mol. The molecule has 1 aliphatic heterocycles. The van der Waals surface area contributed by atoms with Crippen molar-refractivity contribution in [3.63, 3.8) is 0 Å². The normalized spacial score (nSPS) is 13.7. The molecule has 0 bridgehead atoms. The van der Waals surface area contributed by atoms with Gasteiger partial charge in [-0.3, -0.25) is 9.59 Å². The first-order valence-electron chi connectivity index (χ1n) is 10.0. The summed E-state index contributed by atoms with van der Waals surface area (Å²) >= 11 is 0. The zero-order valence-corrected chi connectivity index (χ0v) is 17.8. The highest BCUT2D eigenvalue weighted by Crippen LogP contribution is 2.29. The van der Waals surface area contributed by atoms with E-state index in [1.54, 1.807) is 29.2 Å². The van der Waals surface area contributed by atoms with Crippen molar-refractivity contribution in [2.24, 2.45) is 0 Å². The van der Waals surface area contributed by atoms with Crippen LogP contribution < -0.4 is 5.43 Å². The second kappa shape index (κ2) is 10.1. The Kier molecular flexibility index (Phi) is 7.75. The first-order valence-corrected chi connectivity index (χ1v) is 10.0. The van der Waals surface area contributed by atoms with Crippen LogP contribution in [0.4, 0.5) is 4.39 Å². The molecule has 1 amide bonds. The van der Waals surface area contributed by atoms with Crippen LogP contribution in [0.25, 0.3) is 0 Å². The van der Waals surface area contributed by atoms with E-state index in [0.29, 0.717) is 30.9 Å². The molecule has 0 fully saturated rings. The molecule has 3 rings (SSSR count). The van der Waals surface area contributed by atoms with Crippen molar-refractivity contribution in [1.82, 2.24) is 9.47 Å². The number of carbonyl (C=O) groups excluding carboxylic acids is 1. The molecule has 160 valence electrons. The summed E-state index contributed by atoms with van der Waals surface area (Å²) in [4.78, 5) is 27.3. The van der Waals surface area contributed by atoms with Gasteiger partial charge in [-0.05, 0) is 31.5 Å². The van der Waals surface area contributed by atoms with Crippen LogP contribution in [0, 0.1) is 5.82 Å². The van der Waals surface area contributed by atoms with Gasteiger partial charge in [-0.25, -0.2) is 4.39 Å². The molecule has 0 saturated carbocycles. The molecule has 0 saturated heterocycles. The molecule has 1 atom stereocenters. The molecule has 1 aromatic heterocycles. The number of hydrogen-bond acceptors (Lipinski definition) is 3. The summed E-state index contributed by atoms with van der Waals surface area (Å²) in [6.45, 7) is 14.0. The van der Waals surface area contributed by atoms with Crippen LogP contribution in [0.2, 0.25) is 0 Å². The van der Waals surface area contributed by atoms with Gasteiger partial charge >= 0.3 is 0 Å². The number of pyridine rings is 1. The molecule has 1 unspecified atom stereocenters. The van der Waals surface area contributed by atoms with Crippen LogP contribution in [0.1, 0.15) is 54.0 Å². The lowest BCUT2D eigenvalue weighted by Gasteiger charge is -2.32.